The summed E-state index contributed by atoms with van der Waals surface area (Å²) in [7, 11) is 0. The number of hydrogen-bond acceptors (Lipinski definition) is 1. The first-order valence-corrected chi connectivity index (χ1v) is 18.0. The smallest absolute Gasteiger partial charge is 0.139 e. The largest absolute Gasteiger partial charge is 0.310 e. The van der Waals surface area contributed by atoms with Crippen LogP contribution in [0.25, 0.3) is 66.3 Å². The van der Waals surface area contributed by atoms with Gasteiger partial charge in [-0.25, -0.2) is 4.99 Å². The van der Waals surface area contributed by atoms with Crippen molar-refractivity contribution in [3.63, 3.8) is 0 Å². The van der Waals surface area contributed by atoms with Crippen LogP contribution in [0.3, 0.4) is 0 Å². The highest BCUT2D eigenvalue weighted by molar-refractivity contribution is 6.14. The van der Waals surface area contributed by atoms with Crippen molar-refractivity contribution in [3.05, 3.63) is 157 Å². The Kier molecular flexibility index (Phi) is 7.13. The number of fused-ring (bicyclic) bond motifs is 9. The van der Waals surface area contributed by atoms with E-state index in [-0.39, 0.29) is 5.41 Å². The molecule has 7 aromatic rings. The number of allylic oxidation sites excluding steroid dienone is 6. The van der Waals surface area contributed by atoms with Gasteiger partial charge >= 0.3 is 0 Å². The predicted octanol–water partition coefficient (Wildman–Crippen LogP) is 12.7. The summed E-state index contributed by atoms with van der Waals surface area (Å²) < 4.78 is 4.69. The molecule has 0 saturated carbocycles. The maximum Gasteiger partial charge on any atom is 0.139 e. The maximum atomic E-state index is 5.66. The summed E-state index contributed by atoms with van der Waals surface area (Å²) in [4.78, 5) is 5.66. The second kappa shape index (κ2) is 11.7. The van der Waals surface area contributed by atoms with Crippen LogP contribution in [0.15, 0.2) is 151 Å². The molecule has 0 fully saturated rings. The highest BCUT2D eigenvalue weighted by Crippen LogP contribution is 2.51. The topological polar surface area (TPSA) is 22.2 Å². The van der Waals surface area contributed by atoms with Crippen molar-refractivity contribution in [3.8, 4) is 11.1 Å². The van der Waals surface area contributed by atoms with Gasteiger partial charge < -0.3 is 4.57 Å². The predicted molar refractivity (Wildman–Crippen MR) is 215 cm³/mol. The van der Waals surface area contributed by atoms with Gasteiger partial charge in [0, 0.05) is 44.4 Å². The summed E-state index contributed by atoms with van der Waals surface area (Å²) in [5.41, 5.74) is 13.1. The Morgan fingerprint density at radius 2 is 1.32 bits per heavy atom. The van der Waals surface area contributed by atoms with Crippen LogP contribution in [0.5, 0.6) is 0 Å². The van der Waals surface area contributed by atoms with Crippen LogP contribution in [0.4, 0.5) is 0 Å². The minimum Gasteiger partial charge on any atom is -0.310 e. The van der Waals surface area contributed by atoms with E-state index in [4.69, 9.17) is 11.6 Å². The lowest BCUT2D eigenvalue weighted by molar-refractivity contribution is 0.661. The number of para-hydroxylation sites is 3. The van der Waals surface area contributed by atoms with E-state index in [1.807, 2.05) is 0 Å². The van der Waals surface area contributed by atoms with Crippen LogP contribution < -0.4 is 0 Å². The van der Waals surface area contributed by atoms with Crippen LogP contribution >= 0.6 is 0 Å². The Labute approximate surface area is 293 Å². The minimum absolute atomic E-state index is 0.119. The third-order valence-corrected chi connectivity index (χ3v) is 10.8. The van der Waals surface area contributed by atoms with E-state index in [9.17, 15) is 0 Å². The third-order valence-electron chi connectivity index (χ3n) is 10.8. The molecule has 0 bridgehead atoms. The zero-order valence-corrected chi connectivity index (χ0v) is 29.1. The highest BCUT2D eigenvalue weighted by Gasteiger charge is 2.36. The van der Waals surface area contributed by atoms with Crippen LogP contribution in [0.2, 0.25) is 0 Å². The lowest BCUT2D eigenvalue weighted by atomic mass is 9.82. The maximum absolute atomic E-state index is 5.66. The molecule has 2 heterocycles. The molecular weight excluding hydrogens is 607 g/mol. The molecule has 0 spiro atoms. The monoisotopic (exact) mass is 647 g/mol. The van der Waals surface area contributed by atoms with E-state index in [0.29, 0.717) is 0 Å². The Balaban J connectivity index is 1.35. The summed E-state index contributed by atoms with van der Waals surface area (Å²) >= 11 is 0. The van der Waals surface area contributed by atoms with Gasteiger partial charge in [-0.1, -0.05) is 131 Å². The molecule has 3 heteroatoms. The van der Waals surface area contributed by atoms with Crippen LogP contribution in [0.1, 0.15) is 57.6 Å². The van der Waals surface area contributed by atoms with Crippen molar-refractivity contribution in [2.24, 2.45) is 4.99 Å². The van der Waals surface area contributed by atoms with Gasteiger partial charge in [0.05, 0.1) is 22.1 Å². The van der Waals surface area contributed by atoms with Crippen molar-refractivity contribution in [1.82, 2.24) is 9.13 Å². The van der Waals surface area contributed by atoms with E-state index in [1.165, 1.54) is 54.9 Å². The lowest BCUT2D eigenvalue weighted by Gasteiger charge is -2.22. The van der Waals surface area contributed by atoms with Crippen molar-refractivity contribution < 1.29 is 0 Å². The van der Waals surface area contributed by atoms with Gasteiger partial charge in [-0.05, 0) is 77.4 Å². The van der Waals surface area contributed by atoms with Crippen molar-refractivity contribution >= 4 is 60.8 Å². The molecule has 0 saturated heterocycles. The Hall–Kier alpha value is -5.67. The van der Waals surface area contributed by atoms with E-state index >= 15 is 0 Å². The highest BCUT2D eigenvalue weighted by atomic mass is 15.1. The average molecular weight is 648 g/mol. The molecule has 9 rings (SSSR count). The van der Waals surface area contributed by atoms with Gasteiger partial charge in [0.25, 0.3) is 0 Å². The molecular formula is C47H41N3. The Morgan fingerprint density at radius 1 is 0.700 bits per heavy atom. The molecule has 0 N–H and O–H groups in total. The molecule has 3 nitrogen and oxygen atoms in total. The molecule has 2 aliphatic carbocycles. The SMILES string of the molecule is C=C(/C=C(\N=C(/CCC)C1=CCCC=C1)n1c2ccccc2c2cc3c(cc21)C(C)(C)c1ccccc1-3)n1c2ccccc2c2ccccc21. The molecule has 5 aromatic carbocycles. The zero-order valence-electron chi connectivity index (χ0n) is 29.1. The quantitative estimate of drug-likeness (QED) is 0.121. The van der Waals surface area contributed by atoms with Crippen molar-refractivity contribution in [1.29, 1.82) is 0 Å². The first-order chi connectivity index (χ1) is 24.5. The first-order valence-electron chi connectivity index (χ1n) is 18.0. The average Bonchev–Trinajstić information content (AvgIpc) is 3.74. The molecule has 0 aliphatic heterocycles. The number of aromatic nitrogens is 2. The standard InChI is InChI=1S/C47H41N3/c1-5-17-41(32-18-7-6-8-19-32)48-46(28-31(2)49-42-25-14-10-21-34(42)35-22-11-15-26-43(35)49)50-44-27-16-12-23-36(44)38-29-37-33-20-9-13-24-39(33)47(3,4)40(37)30-45(38)50/h7,9-16,18-30H,2,5-6,8,17H2,1,3-4H3/b46-28+,48-41+. The van der Waals surface area contributed by atoms with Gasteiger partial charge in [-0.3, -0.25) is 4.57 Å². The summed E-state index contributed by atoms with van der Waals surface area (Å²) in [6.07, 6.45) is 13.1. The normalized spacial score (nSPS) is 15.6. The molecule has 2 aliphatic rings. The summed E-state index contributed by atoms with van der Waals surface area (Å²) in [5, 5.41) is 4.91. The fourth-order valence-corrected chi connectivity index (χ4v) is 8.47. The van der Waals surface area contributed by atoms with Gasteiger partial charge in [0.2, 0.25) is 0 Å². The molecule has 50 heavy (non-hydrogen) atoms. The molecule has 0 amide bonds. The summed E-state index contributed by atoms with van der Waals surface area (Å²) in [5.74, 6) is 0.875. The van der Waals surface area contributed by atoms with Gasteiger partial charge in [-0.2, -0.15) is 0 Å². The van der Waals surface area contributed by atoms with Crippen molar-refractivity contribution in [2.75, 3.05) is 0 Å². The molecule has 2 aromatic heterocycles. The second-order valence-corrected chi connectivity index (χ2v) is 14.2. The van der Waals surface area contributed by atoms with E-state index in [2.05, 4.69) is 163 Å². The number of hydrogen-bond donors (Lipinski definition) is 0. The van der Waals surface area contributed by atoms with Crippen LogP contribution in [0, 0.1) is 0 Å². The third kappa shape index (κ3) is 4.60. The Morgan fingerprint density at radius 3 is 1.98 bits per heavy atom. The second-order valence-electron chi connectivity index (χ2n) is 14.2. The summed E-state index contributed by atoms with van der Waals surface area (Å²) in [6, 6.07) is 39.8. The molecule has 0 unspecified atom stereocenters. The number of nitrogens with zero attached hydrogens (tertiary/aromatic N) is 3. The van der Waals surface area contributed by atoms with Crippen LogP contribution in [-0.4, -0.2) is 14.8 Å². The molecule has 0 radical (unpaired) electrons. The fraction of sp³-hybridized carbons (Fsp3) is 0.170. The minimum atomic E-state index is -0.119. The van der Waals surface area contributed by atoms with Crippen molar-refractivity contribution in [2.45, 2.75) is 51.9 Å². The number of aliphatic imine (C=N–C) groups is 1. The van der Waals surface area contributed by atoms with Gasteiger partial charge in [0.15, 0.2) is 0 Å². The molecule has 244 valence electrons. The number of rotatable bonds is 7. The lowest BCUT2D eigenvalue weighted by Crippen LogP contribution is -2.15. The summed E-state index contributed by atoms with van der Waals surface area (Å²) in [6.45, 7) is 11.7. The number of benzene rings is 5. The Bertz CT molecular complexity index is 2590. The van der Waals surface area contributed by atoms with E-state index in [1.54, 1.807) is 0 Å². The molecule has 0 atom stereocenters. The first kappa shape index (κ1) is 30.4. The van der Waals surface area contributed by atoms with E-state index in [0.717, 1.165) is 59.5 Å². The fourth-order valence-electron chi connectivity index (χ4n) is 8.47. The van der Waals surface area contributed by atoms with Gasteiger partial charge in [-0.15, -0.1) is 0 Å². The van der Waals surface area contributed by atoms with Crippen LogP contribution in [-0.2, 0) is 5.41 Å². The van der Waals surface area contributed by atoms with Gasteiger partial charge in [0.1, 0.15) is 5.82 Å². The van der Waals surface area contributed by atoms with E-state index < -0.39 is 0 Å². The zero-order chi connectivity index (χ0) is 34.0.